The maximum atomic E-state index is 6.10. The highest BCUT2D eigenvalue weighted by Gasteiger charge is 2.12. The summed E-state index contributed by atoms with van der Waals surface area (Å²) >= 11 is 7.96. The lowest BCUT2D eigenvalue weighted by Crippen LogP contribution is -2.35. The van der Waals surface area contributed by atoms with Crippen LogP contribution in [0.4, 0.5) is 0 Å². The van der Waals surface area contributed by atoms with Crippen LogP contribution in [0.15, 0.2) is 29.2 Å². The second-order valence-corrected chi connectivity index (χ2v) is 5.36. The molecule has 15 heavy (non-hydrogen) atoms. The van der Waals surface area contributed by atoms with Crippen molar-refractivity contribution in [1.29, 1.82) is 0 Å². The van der Waals surface area contributed by atoms with Crippen molar-refractivity contribution in [2.45, 2.75) is 30.2 Å². The van der Waals surface area contributed by atoms with Gasteiger partial charge in [-0.2, -0.15) is 0 Å². The van der Waals surface area contributed by atoms with Crippen LogP contribution in [-0.2, 0) is 0 Å². The van der Waals surface area contributed by atoms with E-state index in [1.54, 1.807) is 0 Å². The first-order valence-electron chi connectivity index (χ1n) is 5.47. The van der Waals surface area contributed by atoms with Crippen molar-refractivity contribution in [1.82, 2.24) is 5.32 Å². The highest BCUT2D eigenvalue weighted by molar-refractivity contribution is 7.99. The number of hydrogen-bond donors (Lipinski definition) is 1. The first-order valence-corrected chi connectivity index (χ1v) is 6.83. The minimum absolute atomic E-state index is 0.667. The topological polar surface area (TPSA) is 12.0 Å². The van der Waals surface area contributed by atoms with E-state index in [0.717, 1.165) is 10.8 Å². The summed E-state index contributed by atoms with van der Waals surface area (Å²) in [6.07, 6.45) is 3.99. The smallest absolute Gasteiger partial charge is 0.0541 e. The van der Waals surface area contributed by atoms with Crippen LogP contribution in [0.25, 0.3) is 0 Å². The third-order valence-corrected chi connectivity index (χ3v) is 4.37. The van der Waals surface area contributed by atoms with E-state index in [4.69, 9.17) is 11.6 Å². The molecular weight excluding hydrogens is 226 g/mol. The van der Waals surface area contributed by atoms with Gasteiger partial charge in [-0.15, -0.1) is 11.8 Å². The van der Waals surface area contributed by atoms with Crippen molar-refractivity contribution in [2.24, 2.45) is 0 Å². The van der Waals surface area contributed by atoms with E-state index in [-0.39, 0.29) is 0 Å². The lowest BCUT2D eigenvalue weighted by atomic mass is 10.1. The van der Waals surface area contributed by atoms with Gasteiger partial charge in [0.05, 0.1) is 5.02 Å². The molecule has 1 heterocycles. The molecule has 1 atom stereocenters. The molecule has 0 radical (unpaired) electrons. The first-order chi connectivity index (χ1) is 7.36. The zero-order valence-electron chi connectivity index (χ0n) is 8.71. The Bertz CT molecular complexity index is 310. The van der Waals surface area contributed by atoms with Crippen LogP contribution >= 0.6 is 23.4 Å². The van der Waals surface area contributed by atoms with Gasteiger partial charge in [-0.3, -0.25) is 0 Å². The molecule has 1 aromatic rings. The number of thioether (sulfide) groups is 1. The van der Waals surface area contributed by atoms with Crippen LogP contribution in [0.2, 0.25) is 5.02 Å². The largest absolute Gasteiger partial charge is 0.313 e. The average molecular weight is 242 g/mol. The predicted molar refractivity (Wildman–Crippen MR) is 67.8 cm³/mol. The normalized spacial score (nSPS) is 21.5. The third kappa shape index (κ3) is 3.40. The third-order valence-electron chi connectivity index (χ3n) is 2.69. The van der Waals surface area contributed by atoms with E-state index < -0.39 is 0 Å². The van der Waals surface area contributed by atoms with Crippen LogP contribution in [0, 0.1) is 0 Å². The summed E-state index contributed by atoms with van der Waals surface area (Å²) in [6, 6.07) is 8.74. The summed E-state index contributed by atoms with van der Waals surface area (Å²) in [4.78, 5) is 1.20. The van der Waals surface area contributed by atoms with Gasteiger partial charge in [0, 0.05) is 16.7 Å². The number of nitrogens with one attached hydrogen (secondary N) is 1. The van der Waals surface area contributed by atoms with Gasteiger partial charge in [0.2, 0.25) is 0 Å². The number of rotatable bonds is 3. The Hall–Kier alpha value is -0.180. The highest BCUT2D eigenvalue weighted by atomic mass is 35.5. The monoisotopic (exact) mass is 241 g/mol. The number of benzene rings is 1. The fourth-order valence-corrected chi connectivity index (χ4v) is 3.16. The van der Waals surface area contributed by atoms with Crippen LogP contribution in [0.3, 0.4) is 0 Å². The standard InChI is InChI=1S/C12H16ClNS/c13-11-6-1-2-7-12(11)15-9-10-5-3-4-8-14-10/h1-2,6-7,10,14H,3-5,8-9H2. The van der Waals surface area contributed by atoms with Crippen LogP contribution in [0.1, 0.15) is 19.3 Å². The first kappa shape index (κ1) is 11.3. The molecule has 1 aliphatic rings. The Balaban J connectivity index is 1.84. The number of hydrogen-bond acceptors (Lipinski definition) is 2. The van der Waals surface area contributed by atoms with Crippen LogP contribution in [0.5, 0.6) is 0 Å². The lowest BCUT2D eigenvalue weighted by Gasteiger charge is -2.23. The molecule has 2 rings (SSSR count). The molecular formula is C12H16ClNS. The summed E-state index contributed by atoms with van der Waals surface area (Å²) in [5, 5.41) is 4.42. The average Bonchev–Trinajstić information content (AvgIpc) is 2.29. The minimum atomic E-state index is 0.667. The minimum Gasteiger partial charge on any atom is -0.313 e. The predicted octanol–water partition coefficient (Wildman–Crippen LogP) is 3.57. The Labute approximate surface area is 101 Å². The van der Waals surface area contributed by atoms with Crippen LogP contribution < -0.4 is 5.32 Å². The molecule has 1 aliphatic heterocycles. The molecule has 0 aliphatic carbocycles. The SMILES string of the molecule is Clc1ccccc1SCC1CCCCN1. The quantitative estimate of drug-likeness (QED) is 0.812. The molecule has 1 saturated heterocycles. The van der Waals surface area contributed by atoms with Crippen LogP contribution in [-0.4, -0.2) is 18.3 Å². The van der Waals surface area contributed by atoms with Gasteiger partial charge in [0.1, 0.15) is 0 Å². The molecule has 0 bridgehead atoms. The van der Waals surface area contributed by atoms with Crippen molar-refractivity contribution in [2.75, 3.05) is 12.3 Å². The summed E-state index contributed by atoms with van der Waals surface area (Å²) in [5.74, 6) is 1.13. The zero-order chi connectivity index (χ0) is 10.5. The van der Waals surface area contributed by atoms with Crippen molar-refractivity contribution < 1.29 is 0 Å². The van der Waals surface area contributed by atoms with E-state index in [9.17, 15) is 0 Å². The molecule has 0 spiro atoms. The van der Waals surface area contributed by atoms with Gasteiger partial charge in [-0.25, -0.2) is 0 Å². The molecule has 1 nitrogen and oxygen atoms in total. The van der Waals surface area contributed by atoms with E-state index in [0.29, 0.717) is 6.04 Å². The van der Waals surface area contributed by atoms with Gasteiger partial charge in [-0.1, -0.05) is 30.2 Å². The van der Waals surface area contributed by atoms with E-state index in [1.807, 2.05) is 30.0 Å². The second-order valence-electron chi connectivity index (χ2n) is 3.89. The van der Waals surface area contributed by atoms with Crippen molar-refractivity contribution in [3.8, 4) is 0 Å². The Morgan fingerprint density at radius 3 is 2.93 bits per heavy atom. The Kier molecular flexibility index (Phi) is 4.36. The Morgan fingerprint density at radius 2 is 2.20 bits per heavy atom. The van der Waals surface area contributed by atoms with E-state index in [1.165, 1.54) is 30.7 Å². The highest BCUT2D eigenvalue weighted by Crippen LogP contribution is 2.28. The maximum absolute atomic E-state index is 6.10. The van der Waals surface area contributed by atoms with Crippen molar-refractivity contribution in [3.63, 3.8) is 0 Å². The summed E-state index contributed by atoms with van der Waals surface area (Å²) in [7, 11) is 0. The molecule has 1 fully saturated rings. The van der Waals surface area contributed by atoms with E-state index in [2.05, 4.69) is 11.4 Å². The van der Waals surface area contributed by atoms with Gasteiger partial charge in [0.25, 0.3) is 0 Å². The zero-order valence-corrected chi connectivity index (χ0v) is 10.3. The van der Waals surface area contributed by atoms with Gasteiger partial charge in [-0.05, 0) is 31.5 Å². The number of halogens is 1. The Morgan fingerprint density at radius 1 is 1.33 bits per heavy atom. The molecule has 1 aromatic carbocycles. The summed E-state index contributed by atoms with van der Waals surface area (Å²) < 4.78 is 0. The molecule has 0 amide bonds. The number of piperidine rings is 1. The van der Waals surface area contributed by atoms with Gasteiger partial charge >= 0.3 is 0 Å². The lowest BCUT2D eigenvalue weighted by molar-refractivity contribution is 0.430. The molecule has 3 heteroatoms. The molecule has 82 valence electrons. The fraction of sp³-hybridized carbons (Fsp3) is 0.500. The van der Waals surface area contributed by atoms with E-state index >= 15 is 0 Å². The molecule has 1 N–H and O–H groups in total. The molecule has 0 aromatic heterocycles. The summed E-state index contributed by atoms with van der Waals surface area (Å²) in [6.45, 7) is 1.17. The van der Waals surface area contributed by atoms with Crippen molar-refractivity contribution >= 4 is 23.4 Å². The van der Waals surface area contributed by atoms with Gasteiger partial charge < -0.3 is 5.32 Å². The van der Waals surface area contributed by atoms with Gasteiger partial charge in [0.15, 0.2) is 0 Å². The fourth-order valence-electron chi connectivity index (χ4n) is 1.82. The second kappa shape index (κ2) is 5.78. The molecule has 0 saturated carbocycles. The van der Waals surface area contributed by atoms with Crippen molar-refractivity contribution in [3.05, 3.63) is 29.3 Å². The molecule has 1 unspecified atom stereocenters. The maximum Gasteiger partial charge on any atom is 0.0541 e. The summed E-state index contributed by atoms with van der Waals surface area (Å²) in [5.41, 5.74) is 0.